The van der Waals surface area contributed by atoms with E-state index in [0.29, 0.717) is 6.42 Å². The van der Waals surface area contributed by atoms with Gasteiger partial charge in [-0.3, -0.25) is 20.2 Å². The number of hydrogen-bond donors (Lipinski definition) is 0. The van der Waals surface area contributed by atoms with Crippen LogP contribution in [-0.4, -0.2) is 21.9 Å². The minimum Gasteiger partial charge on any atom is -0.459 e. The second-order valence-corrected chi connectivity index (χ2v) is 5.28. The SMILES string of the molecule is CCCCCC[C@@H](C)OC(=O)c1ccc([N+](=O)[O-])cc1[N+](=O)[O-]. The number of carbonyl (C=O) groups is 1. The van der Waals surface area contributed by atoms with Crippen molar-refractivity contribution in [3.63, 3.8) is 0 Å². The molecule has 0 N–H and O–H groups in total. The molecule has 126 valence electrons. The summed E-state index contributed by atoms with van der Waals surface area (Å²) in [5.41, 5.74) is -1.34. The van der Waals surface area contributed by atoms with E-state index in [1.807, 2.05) is 0 Å². The van der Waals surface area contributed by atoms with E-state index in [4.69, 9.17) is 4.74 Å². The molecule has 1 aromatic carbocycles. The average Bonchev–Trinajstić information content (AvgIpc) is 2.50. The van der Waals surface area contributed by atoms with Crippen molar-refractivity contribution in [2.45, 2.75) is 52.1 Å². The fraction of sp³-hybridized carbons (Fsp3) is 0.533. The van der Waals surface area contributed by atoms with Gasteiger partial charge in [0.15, 0.2) is 0 Å². The zero-order valence-electron chi connectivity index (χ0n) is 13.2. The van der Waals surface area contributed by atoms with Crippen LogP contribution in [0.15, 0.2) is 18.2 Å². The zero-order chi connectivity index (χ0) is 17.4. The summed E-state index contributed by atoms with van der Waals surface area (Å²) in [6, 6.07) is 2.88. The number of unbranched alkanes of at least 4 members (excludes halogenated alkanes) is 3. The highest BCUT2D eigenvalue weighted by molar-refractivity contribution is 5.94. The van der Waals surface area contributed by atoms with Crippen LogP contribution in [0.5, 0.6) is 0 Å². The highest BCUT2D eigenvalue weighted by Crippen LogP contribution is 2.25. The molecule has 0 fully saturated rings. The van der Waals surface area contributed by atoms with E-state index in [1.165, 1.54) is 0 Å². The number of nitrogens with zero attached hydrogens (tertiary/aromatic N) is 2. The first kappa shape index (κ1) is 18.5. The molecule has 0 amide bonds. The summed E-state index contributed by atoms with van der Waals surface area (Å²) < 4.78 is 5.19. The van der Waals surface area contributed by atoms with Crippen molar-refractivity contribution in [3.8, 4) is 0 Å². The Balaban J connectivity index is 2.79. The standard InChI is InChI=1S/C15H20N2O6/c1-3-4-5-6-7-11(2)23-15(18)13-9-8-12(16(19)20)10-14(13)17(21)22/h8-11H,3-7H2,1-2H3/t11-/m1/s1. The van der Waals surface area contributed by atoms with Crippen LogP contribution in [0.3, 0.4) is 0 Å². The fourth-order valence-corrected chi connectivity index (χ4v) is 2.12. The van der Waals surface area contributed by atoms with Gasteiger partial charge in [0.05, 0.1) is 22.0 Å². The Morgan fingerprint density at radius 2 is 1.87 bits per heavy atom. The van der Waals surface area contributed by atoms with Crippen molar-refractivity contribution < 1.29 is 19.4 Å². The van der Waals surface area contributed by atoms with E-state index >= 15 is 0 Å². The molecule has 1 atom stereocenters. The van der Waals surface area contributed by atoms with Crippen molar-refractivity contribution in [1.82, 2.24) is 0 Å². The maximum atomic E-state index is 12.1. The summed E-state index contributed by atoms with van der Waals surface area (Å²) in [7, 11) is 0. The van der Waals surface area contributed by atoms with E-state index in [9.17, 15) is 25.0 Å². The third-order valence-corrected chi connectivity index (χ3v) is 3.38. The Labute approximate surface area is 133 Å². The summed E-state index contributed by atoms with van der Waals surface area (Å²) in [6.45, 7) is 3.82. The van der Waals surface area contributed by atoms with Crippen molar-refractivity contribution in [1.29, 1.82) is 0 Å². The third-order valence-electron chi connectivity index (χ3n) is 3.38. The van der Waals surface area contributed by atoms with Gasteiger partial charge in [-0.15, -0.1) is 0 Å². The first-order valence-electron chi connectivity index (χ1n) is 7.50. The van der Waals surface area contributed by atoms with Crippen molar-refractivity contribution >= 4 is 17.3 Å². The Hall–Kier alpha value is -2.51. The van der Waals surface area contributed by atoms with Gasteiger partial charge in [0, 0.05) is 6.07 Å². The van der Waals surface area contributed by atoms with Gasteiger partial charge < -0.3 is 4.74 Å². The lowest BCUT2D eigenvalue weighted by atomic mass is 10.1. The molecule has 0 spiro atoms. The minimum absolute atomic E-state index is 0.277. The predicted octanol–water partition coefficient (Wildman–Crippen LogP) is 4.02. The van der Waals surface area contributed by atoms with E-state index in [0.717, 1.165) is 43.9 Å². The van der Waals surface area contributed by atoms with Crippen molar-refractivity contribution in [2.75, 3.05) is 0 Å². The van der Waals surface area contributed by atoms with Gasteiger partial charge in [0.2, 0.25) is 0 Å². The number of ether oxygens (including phenoxy) is 1. The summed E-state index contributed by atoms with van der Waals surface area (Å²) in [6.07, 6.45) is 4.46. The van der Waals surface area contributed by atoms with Gasteiger partial charge in [-0.25, -0.2) is 4.79 Å². The number of esters is 1. The highest BCUT2D eigenvalue weighted by atomic mass is 16.6. The molecule has 0 heterocycles. The van der Waals surface area contributed by atoms with Gasteiger partial charge >= 0.3 is 5.97 Å². The number of non-ortho nitro benzene ring substituents is 1. The van der Waals surface area contributed by atoms with Crippen LogP contribution in [-0.2, 0) is 4.74 Å². The molecule has 1 rings (SSSR count). The quantitative estimate of drug-likeness (QED) is 0.293. The largest absolute Gasteiger partial charge is 0.459 e. The second-order valence-electron chi connectivity index (χ2n) is 5.28. The number of carbonyl (C=O) groups excluding carboxylic acids is 1. The second kappa shape index (κ2) is 8.82. The molecular weight excluding hydrogens is 304 g/mol. The Morgan fingerprint density at radius 3 is 2.43 bits per heavy atom. The van der Waals surface area contributed by atoms with Crippen molar-refractivity contribution in [2.24, 2.45) is 0 Å². The molecule has 0 bridgehead atoms. The van der Waals surface area contributed by atoms with Crippen LogP contribution in [0.4, 0.5) is 11.4 Å². The lowest BCUT2D eigenvalue weighted by molar-refractivity contribution is -0.394. The summed E-state index contributed by atoms with van der Waals surface area (Å²) >= 11 is 0. The number of hydrogen-bond acceptors (Lipinski definition) is 6. The number of nitro groups is 2. The first-order valence-corrected chi connectivity index (χ1v) is 7.50. The number of nitro benzene ring substituents is 2. The first-order chi connectivity index (χ1) is 10.9. The Morgan fingerprint density at radius 1 is 1.17 bits per heavy atom. The van der Waals surface area contributed by atoms with Crippen LogP contribution in [0.1, 0.15) is 56.3 Å². The lowest BCUT2D eigenvalue weighted by Crippen LogP contribution is -2.16. The van der Waals surface area contributed by atoms with Gasteiger partial charge in [0.25, 0.3) is 11.4 Å². The molecule has 8 nitrogen and oxygen atoms in total. The molecule has 0 aliphatic rings. The van der Waals surface area contributed by atoms with Crippen LogP contribution in [0, 0.1) is 20.2 Å². The molecule has 0 aromatic heterocycles. The van der Waals surface area contributed by atoms with Crippen LogP contribution >= 0.6 is 0 Å². The average molecular weight is 324 g/mol. The molecule has 0 saturated carbocycles. The molecule has 0 radical (unpaired) electrons. The lowest BCUT2D eigenvalue weighted by Gasteiger charge is -2.13. The Kier molecular flexibility index (Phi) is 7.11. The normalized spacial score (nSPS) is 11.7. The zero-order valence-corrected chi connectivity index (χ0v) is 13.2. The predicted molar refractivity (Wildman–Crippen MR) is 83.4 cm³/mol. The molecule has 0 aliphatic carbocycles. The van der Waals surface area contributed by atoms with Gasteiger partial charge in [-0.2, -0.15) is 0 Å². The topological polar surface area (TPSA) is 113 Å². The summed E-state index contributed by atoms with van der Waals surface area (Å²) in [5, 5.41) is 21.7. The molecule has 23 heavy (non-hydrogen) atoms. The van der Waals surface area contributed by atoms with Gasteiger partial charge in [-0.05, 0) is 25.8 Å². The Bertz CT molecular complexity index is 587. The van der Waals surface area contributed by atoms with Gasteiger partial charge in [0.1, 0.15) is 5.56 Å². The molecule has 0 saturated heterocycles. The van der Waals surface area contributed by atoms with E-state index in [2.05, 4.69) is 6.92 Å². The number of benzene rings is 1. The molecule has 8 heteroatoms. The number of rotatable bonds is 9. The summed E-state index contributed by atoms with van der Waals surface area (Å²) in [4.78, 5) is 32.2. The van der Waals surface area contributed by atoms with Crippen LogP contribution < -0.4 is 0 Å². The van der Waals surface area contributed by atoms with Crippen LogP contribution in [0.2, 0.25) is 0 Å². The van der Waals surface area contributed by atoms with Gasteiger partial charge in [-0.1, -0.05) is 26.2 Å². The third kappa shape index (κ3) is 5.65. The molecular formula is C15H20N2O6. The molecule has 0 aliphatic heterocycles. The van der Waals surface area contributed by atoms with E-state index in [-0.39, 0.29) is 11.7 Å². The molecule has 0 unspecified atom stereocenters. The maximum absolute atomic E-state index is 12.1. The summed E-state index contributed by atoms with van der Waals surface area (Å²) in [5.74, 6) is -0.838. The fourth-order valence-electron chi connectivity index (χ4n) is 2.12. The smallest absolute Gasteiger partial charge is 0.345 e. The van der Waals surface area contributed by atoms with E-state index < -0.39 is 27.2 Å². The van der Waals surface area contributed by atoms with Crippen molar-refractivity contribution in [3.05, 3.63) is 44.0 Å². The monoisotopic (exact) mass is 324 g/mol. The molecule has 1 aromatic rings. The van der Waals surface area contributed by atoms with E-state index in [1.54, 1.807) is 6.92 Å². The van der Waals surface area contributed by atoms with Crippen LogP contribution in [0.25, 0.3) is 0 Å². The maximum Gasteiger partial charge on any atom is 0.345 e. The highest BCUT2D eigenvalue weighted by Gasteiger charge is 2.26. The minimum atomic E-state index is -0.838.